The lowest BCUT2D eigenvalue weighted by Crippen LogP contribution is -2.31. The van der Waals surface area contributed by atoms with Crippen molar-refractivity contribution in [1.82, 2.24) is 15.4 Å². The third-order valence-corrected chi connectivity index (χ3v) is 4.25. The molecule has 1 fully saturated rings. The minimum atomic E-state index is -0.347. The van der Waals surface area contributed by atoms with Gasteiger partial charge in [-0.1, -0.05) is 36.4 Å². The smallest absolute Gasteiger partial charge is 0.278 e. The lowest BCUT2D eigenvalue weighted by molar-refractivity contribution is -0.123. The maximum Gasteiger partial charge on any atom is 0.278 e. The van der Waals surface area contributed by atoms with Crippen molar-refractivity contribution in [3.63, 3.8) is 0 Å². The number of aryl methyl sites for hydroxylation is 1. The molecule has 0 saturated carbocycles. The first-order chi connectivity index (χ1) is 13.7. The molecular formula is C21H25N5O2. The number of hydrazone groups is 1. The fourth-order valence-corrected chi connectivity index (χ4v) is 2.88. The topological polar surface area (TPSA) is 79.7 Å². The van der Waals surface area contributed by atoms with Crippen LogP contribution in [0, 0.1) is 6.92 Å². The fourth-order valence-electron chi connectivity index (χ4n) is 2.88. The molecule has 0 aliphatic carbocycles. The minimum absolute atomic E-state index is 0.157. The van der Waals surface area contributed by atoms with E-state index in [1.165, 1.54) is 12.6 Å². The Bertz CT molecular complexity index is 830. The first-order valence-electron chi connectivity index (χ1n) is 9.48. The fraction of sp³-hybridized carbons (Fsp3) is 0.333. The number of anilines is 1. The van der Waals surface area contributed by atoms with E-state index in [0.29, 0.717) is 11.8 Å². The number of aromatic nitrogens is 2. The quantitative estimate of drug-likeness (QED) is 0.591. The van der Waals surface area contributed by atoms with Crippen LogP contribution < -0.4 is 15.1 Å². The van der Waals surface area contributed by atoms with Crippen molar-refractivity contribution in [3.05, 3.63) is 53.7 Å². The molecule has 7 nitrogen and oxygen atoms in total. The van der Waals surface area contributed by atoms with Crippen molar-refractivity contribution in [2.75, 3.05) is 24.6 Å². The Labute approximate surface area is 165 Å². The van der Waals surface area contributed by atoms with E-state index in [0.717, 1.165) is 37.2 Å². The Balaban J connectivity index is 1.47. The monoisotopic (exact) mass is 379 g/mol. The Morgan fingerprint density at radius 1 is 1.21 bits per heavy atom. The molecule has 2 heterocycles. The number of nitrogens with zero attached hydrogens (tertiary/aromatic N) is 4. The lowest BCUT2D eigenvalue weighted by atomic mass is 10.1. The van der Waals surface area contributed by atoms with E-state index in [-0.39, 0.29) is 12.5 Å². The van der Waals surface area contributed by atoms with Gasteiger partial charge in [0.05, 0.1) is 0 Å². The molecule has 1 aromatic heterocycles. The van der Waals surface area contributed by atoms with E-state index in [1.54, 1.807) is 12.1 Å². The van der Waals surface area contributed by atoms with E-state index in [9.17, 15) is 4.79 Å². The van der Waals surface area contributed by atoms with Crippen molar-refractivity contribution >= 4 is 24.1 Å². The minimum Gasteiger partial charge on any atom is -0.467 e. The van der Waals surface area contributed by atoms with Crippen molar-refractivity contribution < 1.29 is 9.53 Å². The summed E-state index contributed by atoms with van der Waals surface area (Å²) < 4.78 is 5.52. The zero-order valence-electron chi connectivity index (χ0n) is 16.0. The van der Waals surface area contributed by atoms with Gasteiger partial charge in [-0.3, -0.25) is 4.79 Å². The molecule has 7 heteroatoms. The SMILES string of the molecule is Cc1cc(OCC(=O)NN=CC=Cc2ccccc2)nc(N2CCCCC2)n1. The van der Waals surface area contributed by atoms with Crippen LogP contribution in [0.5, 0.6) is 5.88 Å². The van der Waals surface area contributed by atoms with Gasteiger partial charge in [0, 0.05) is 31.1 Å². The molecule has 1 amide bonds. The van der Waals surface area contributed by atoms with Crippen LogP contribution in [0.25, 0.3) is 6.08 Å². The summed E-state index contributed by atoms with van der Waals surface area (Å²) in [6, 6.07) is 11.6. The first kappa shape index (κ1) is 19.5. The third-order valence-electron chi connectivity index (χ3n) is 4.25. The van der Waals surface area contributed by atoms with Crippen molar-refractivity contribution in [3.8, 4) is 5.88 Å². The van der Waals surface area contributed by atoms with Crippen molar-refractivity contribution in [2.24, 2.45) is 5.10 Å². The van der Waals surface area contributed by atoms with E-state index in [1.807, 2.05) is 43.3 Å². The molecule has 0 spiro atoms. The lowest BCUT2D eigenvalue weighted by Gasteiger charge is -2.26. The molecule has 1 N–H and O–H groups in total. The van der Waals surface area contributed by atoms with E-state index in [4.69, 9.17) is 4.74 Å². The first-order valence-corrected chi connectivity index (χ1v) is 9.48. The summed E-state index contributed by atoms with van der Waals surface area (Å²) in [5.74, 6) is 0.718. The molecule has 146 valence electrons. The summed E-state index contributed by atoms with van der Waals surface area (Å²) in [7, 11) is 0. The van der Waals surface area contributed by atoms with Gasteiger partial charge in [-0.15, -0.1) is 0 Å². The van der Waals surface area contributed by atoms with Crippen LogP contribution in [0.1, 0.15) is 30.5 Å². The number of nitrogens with one attached hydrogen (secondary N) is 1. The van der Waals surface area contributed by atoms with Crippen LogP contribution in [0.4, 0.5) is 5.95 Å². The molecule has 0 atom stereocenters. The van der Waals surface area contributed by atoms with Gasteiger partial charge in [0.25, 0.3) is 5.91 Å². The van der Waals surface area contributed by atoms with Crippen molar-refractivity contribution in [2.45, 2.75) is 26.2 Å². The second-order valence-corrected chi connectivity index (χ2v) is 6.57. The highest BCUT2D eigenvalue weighted by Gasteiger charge is 2.15. The highest BCUT2D eigenvalue weighted by molar-refractivity contribution is 5.81. The second-order valence-electron chi connectivity index (χ2n) is 6.57. The Kier molecular flexibility index (Phi) is 7.12. The van der Waals surface area contributed by atoms with E-state index in [2.05, 4.69) is 25.4 Å². The maximum atomic E-state index is 11.9. The number of carbonyl (C=O) groups excluding carboxylic acids is 1. The predicted octanol–water partition coefficient (Wildman–Crippen LogP) is 2.97. The number of ether oxygens (including phenoxy) is 1. The number of allylic oxidation sites excluding steroid dienone is 1. The van der Waals surface area contributed by atoms with E-state index >= 15 is 0 Å². The summed E-state index contributed by atoms with van der Waals surface area (Å²) in [6.07, 6.45) is 8.72. The molecule has 0 radical (unpaired) electrons. The molecule has 3 rings (SSSR count). The molecule has 1 aromatic carbocycles. The number of piperidine rings is 1. The van der Waals surface area contributed by atoms with Gasteiger partial charge in [0.2, 0.25) is 11.8 Å². The third kappa shape index (κ3) is 6.19. The molecule has 28 heavy (non-hydrogen) atoms. The van der Waals surface area contributed by atoms with Gasteiger partial charge in [0.1, 0.15) is 0 Å². The van der Waals surface area contributed by atoms with E-state index < -0.39 is 0 Å². The molecule has 0 unspecified atom stereocenters. The largest absolute Gasteiger partial charge is 0.467 e. The second kappa shape index (κ2) is 10.2. The number of hydrogen-bond donors (Lipinski definition) is 1. The number of carbonyl (C=O) groups is 1. The number of rotatable bonds is 7. The van der Waals surface area contributed by atoms with Gasteiger partial charge in [0.15, 0.2) is 6.61 Å². The normalized spacial score (nSPS) is 14.5. The van der Waals surface area contributed by atoms with Gasteiger partial charge < -0.3 is 9.64 Å². The summed E-state index contributed by atoms with van der Waals surface area (Å²) in [5.41, 5.74) is 4.31. The predicted molar refractivity (Wildman–Crippen MR) is 110 cm³/mol. The van der Waals surface area contributed by atoms with Crippen LogP contribution >= 0.6 is 0 Å². The number of benzene rings is 1. The van der Waals surface area contributed by atoms with Gasteiger partial charge in [-0.05, 0) is 37.8 Å². The average molecular weight is 379 g/mol. The van der Waals surface area contributed by atoms with Crippen molar-refractivity contribution in [1.29, 1.82) is 0 Å². The van der Waals surface area contributed by atoms with Gasteiger partial charge in [-0.2, -0.15) is 10.1 Å². The summed E-state index contributed by atoms with van der Waals surface area (Å²) >= 11 is 0. The zero-order valence-corrected chi connectivity index (χ0v) is 16.0. The molecular weight excluding hydrogens is 354 g/mol. The van der Waals surface area contributed by atoms with Crippen LogP contribution in [0.3, 0.4) is 0 Å². The number of amides is 1. The molecule has 0 bridgehead atoms. The molecule has 1 aliphatic rings. The van der Waals surface area contributed by atoms with Crippen LogP contribution in [-0.2, 0) is 4.79 Å². The summed E-state index contributed by atoms with van der Waals surface area (Å²) in [6.45, 7) is 3.64. The number of hydrogen-bond acceptors (Lipinski definition) is 6. The molecule has 2 aromatic rings. The molecule has 1 saturated heterocycles. The highest BCUT2D eigenvalue weighted by atomic mass is 16.5. The Morgan fingerprint density at radius 2 is 2.00 bits per heavy atom. The average Bonchev–Trinajstić information content (AvgIpc) is 2.73. The van der Waals surface area contributed by atoms with Gasteiger partial charge >= 0.3 is 0 Å². The van der Waals surface area contributed by atoms with Crippen LogP contribution in [0.2, 0.25) is 0 Å². The maximum absolute atomic E-state index is 11.9. The highest BCUT2D eigenvalue weighted by Crippen LogP contribution is 2.19. The van der Waals surface area contributed by atoms with Crippen LogP contribution in [-0.4, -0.2) is 41.8 Å². The molecule has 1 aliphatic heterocycles. The standard InChI is InChI=1S/C21H25N5O2/c1-17-15-20(24-21(23-17)26-13-6-3-7-14-26)28-16-19(27)25-22-12-8-11-18-9-4-2-5-10-18/h2,4-5,8-12,15H,3,6-7,13-14,16H2,1H3,(H,25,27). The van der Waals surface area contributed by atoms with Crippen LogP contribution in [0.15, 0.2) is 47.6 Å². The Hall–Kier alpha value is -3.22. The van der Waals surface area contributed by atoms with Gasteiger partial charge in [-0.25, -0.2) is 10.4 Å². The Morgan fingerprint density at radius 3 is 2.79 bits per heavy atom. The summed E-state index contributed by atoms with van der Waals surface area (Å²) in [5, 5.41) is 3.87. The zero-order chi connectivity index (χ0) is 19.6. The summed E-state index contributed by atoms with van der Waals surface area (Å²) in [4.78, 5) is 23.0.